The zero-order valence-electron chi connectivity index (χ0n) is 10.1. The van der Waals surface area contributed by atoms with Crippen molar-refractivity contribution in [2.45, 2.75) is 13.5 Å². The first kappa shape index (κ1) is 14.2. The minimum Gasteiger partial charge on any atom is -0.460 e. The molecule has 5 nitrogen and oxygen atoms in total. The molecule has 96 valence electrons. The van der Waals surface area contributed by atoms with Crippen LogP contribution in [0.3, 0.4) is 0 Å². The molecule has 18 heavy (non-hydrogen) atoms. The van der Waals surface area contributed by atoms with E-state index in [2.05, 4.69) is 0 Å². The molecule has 0 radical (unpaired) electrons. The first-order chi connectivity index (χ1) is 8.55. The second kappa shape index (κ2) is 6.15. The van der Waals surface area contributed by atoms with Gasteiger partial charge in [0.1, 0.15) is 12.0 Å². The van der Waals surface area contributed by atoms with Gasteiger partial charge in [-0.15, -0.1) is 0 Å². The van der Waals surface area contributed by atoms with E-state index in [0.717, 1.165) is 5.56 Å². The minimum absolute atomic E-state index is 0.0418. The molecule has 0 saturated heterocycles. The molecule has 0 aliphatic carbocycles. The van der Waals surface area contributed by atoms with Crippen molar-refractivity contribution in [1.82, 2.24) is 0 Å². The van der Waals surface area contributed by atoms with E-state index in [1.165, 1.54) is 6.92 Å². The van der Waals surface area contributed by atoms with Crippen LogP contribution in [0.5, 0.6) is 0 Å². The normalized spacial score (nSPS) is 10.8. The molecule has 0 aliphatic rings. The number of nitriles is 1. The quantitative estimate of drug-likeness (QED) is 0.745. The Labute approximate surface area is 105 Å². The molecule has 1 rings (SSSR count). The monoisotopic (exact) mass is 249 g/mol. The lowest BCUT2D eigenvalue weighted by Crippen LogP contribution is -2.36. The number of nitrogens with zero attached hydrogens (tertiary/aromatic N) is 1. The van der Waals surface area contributed by atoms with Gasteiger partial charge < -0.3 is 14.9 Å². The lowest BCUT2D eigenvalue weighted by molar-refractivity contribution is -0.161. The predicted octanol–water partition coefficient (Wildman–Crippen LogP) is 0.592. The van der Waals surface area contributed by atoms with Gasteiger partial charge in [0.2, 0.25) is 0 Å². The Morgan fingerprint density at radius 2 is 1.89 bits per heavy atom. The van der Waals surface area contributed by atoms with Crippen molar-refractivity contribution in [1.29, 1.82) is 5.26 Å². The van der Waals surface area contributed by atoms with Gasteiger partial charge in [0.25, 0.3) is 0 Å². The zero-order valence-corrected chi connectivity index (χ0v) is 10.1. The van der Waals surface area contributed by atoms with E-state index in [1.54, 1.807) is 24.3 Å². The standard InChI is InChI=1S/C13H15NO4/c1-13(8-15,9-16)12(17)18-7-11-4-2-10(6-14)3-5-11/h2-5,15-16H,7-9H2,1H3. The molecule has 1 aromatic carbocycles. The maximum atomic E-state index is 11.6. The van der Waals surface area contributed by atoms with Crippen molar-refractivity contribution in [3.05, 3.63) is 35.4 Å². The highest BCUT2D eigenvalue weighted by Crippen LogP contribution is 2.17. The lowest BCUT2D eigenvalue weighted by atomic mass is 9.93. The van der Waals surface area contributed by atoms with Crippen LogP contribution in [0.4, 0.5) is 0 Å². The Morgan fingerprint density at radius 1 is 1.33 bits per heavy atom. The number of carbonyl (C=O) groups excluding carboxylic acids is 1. The maximum Gasteiger partial charge on any atom is 0.316 e. The van der Waals surface area contributed by atoms with Crippen LogP contribution in [0.2, 0.25) is 0 Å². The van der Waals surface area contributed by atoms with Crippen molar-refractivity contribution in [3.8, 4) is 6.07 Å². The molecule has 0 aliphatic heterocycles. The molecule has 0 unspecified atom stereocenters. The van der Waals surface area contributed by atoms with Crippen LogP contribution in [0.25, 0.3) is 0 Å². The van der Waals surface area contributed by atoms with Gasteiger partial charge in [-0.2, -0.15) is 5.26 Å². The summed E-state index contributed by atoms with van der Waals surface area (Å²) in [5.74, 6) is -0.656. The van der Waals surface area contributed by atoms with Gasteiger partial charge in [-0.25, -0.2) is 0 Å². The molecular weight excluding hydrogens is 234 g/mol. The van der Waals surface area contributed by atoms with Gasteiger partial charge in [-0.1, -0.05) is 12.1 Å². The Bertz CT molecular complexity index is 443. The van der Waals surface area contributed by atoms with Crippen LogP contribution >= 0.6 is 0 Å². The molecular formula is C13H15NO4. The largest absolute Gasteiger partial charge is 0.460 e. The Kier molecular flexibility index (Phi) is 4.84. The van der Waals surface area contributed by atoms with E-state index in [0.29, 0.717) is 5.56 Å². The highest BCUT2D eigenvalue weighted by Gasteiger charge is 2.33. The van der Waals surface area contributed by atoms with E-state index >= 15 is 0 Å². The highest BCUT2D eigenvalue weighted by molar-refractivity contribution is 5.76. The smallest absolute Gasteiger partial charge is 0.316 e. The number of hydrogen-bond acceptors (Lipinski definition) is 5. The number of carbonyl (C=O) groups is 1. The van der Waals surface area contributed by atoms with Gasteiger partial charge in [0.05, 0.1) is 24.8 Å². The van der Waals surface area contributed by atoms with Crippen LogP contribution in [-0.4, -0.2) is 29.4 Å². The molecule has 0 spiro atoms. The molecule has 2 N–H and O–H groups in total. The molecule has 0 aromatic heterocycles. The minimum atomic E-state index is -1.29. The summed E-state index contributed by atoms with van der Waals surface area (Å²) in [4.78, 5) is 11.6. The second-order valence-electron chi connectivity index (χ2n) is 4.26. The third-order valence-corrected chi connectivity index (χ3v) is 2.64. The topological polar surface area (TPSA) is 90.6 Å². The average molecular weight is 249 g/mol. The van der Waals surface area contributed by atoms with Gasteiger partial charge in [0, 0.05) is 0 Å². The molecule has 0 fully saturated rings. The Morgan fingerprint density at radius 3 is 2.33 bits per heavy atom. The molecule has 1 aromatic rings. The van der Waals surface area contributed by atoms with E-state index in [9.17, 15) is 4.79 Å². The fourth-order valence-electron chi connectivity index (χ4n) is 1.18. The third kappa shape index (κ3) is 3.29. The van der Waals surface area contributed by atoms with Crippen molar-refractivity contribution in [3.63, 3.8) is 0 Å². The van der Waals surface area contributed by atoms with Crippen molar-refractivity contribution in [2.24, 2.45) is 5.41 Å². The van der Waals surface area contributed by atoms with E-state index in [4.69, 9.17) is 20.2 Å². The number of hydrogen-bond donors (Lipinski definition) is 2. The summed E-state index contributed by atoms with van der Waals surface area (Å²) in [6.07, 6.45) is 0. The summed E-state index contributed by atoms with van der Waals surface area (Å²) in [6.45, 7) is 0.514. The number of esters is 1. The van der Waals surface area contributed by atoms with Gasteiger partial charge in [0.15, 0.2) is 0 Å². The van der Waals surface area contributed by atoms with Crippen molar-refractivity contribution >= 4 is 5.97 Å². The Balaban J connectivity index is 2.60. The summed E-state index contributed by atoms with van der Waals surface area (Å²) in [7, 11) is 0. The number of benzene rings is 1. The van der Waals surface area contributed by atoms with Gasteiger partial charge in [-0.05, 0) is 24.6 Å². The lowest BCUT2D eigenvalue weighted by Gasteiger charge is -2.22. The number of rotatable bonds is 5. The summed E-state index contributed by atoms with van der Waals surface area (Å²) in [5, 5.41) is 26.7. The first-order valence-electron chi connectivity index (χ1n) is 5.44. The zero-order chi connectivity index (χ0) is 13.6. The number of aliphatic hydroxyl groups is 2. The molecule has 0 heterocycles. The summed E-state index contributed by atoms with van der Waals surface area (Å²) in [6, 6.07) is 8.60. The summed E-state index contributed by atoms with van der Waals surface area (Å²) in [5.41, 5.74) is -0.0201. The van der Waals surface area contributed by atoms with Crippen molar-refractivity contribution < 1.29 is 19.7 Å². The van der Waals surface area contributed by atoms with Crippen LogP contribution < -0.4 is 0 Å². The van der Waals surface area contributed by atoms with Crippen LogP contribution in [0, 0.1) is 16.7 Å². The molecule has 0 bridgehead atoms. The molecule has 5 heteroatoms. The molecule has 0 amide bonds. The summed E-state index contributed by atoms with van der Waals surface area (Å²) >= 11 is 0. The number of ether oxygens (including phenoxy) is 1. The van der Waals surface area contributed by atoms with Crippen LogP contribution in [-0.2, 0) is 16.1 Å². The van der Waals surface area contributed by atoms with E-state index in [-0.39, 0.29) is 6.61 Å². The average Bonchev–Trinajstić information content (AvgIpc) is 2.44. The highest BCUT2D eigenvalue weighted by atomic mass is 16.5. The fraction of sp³-hybridized carbons (Fsp3) is 0.385. The van der Waals surface area contributed by atoms with Crippen LogP contribution in [0.1, 0.15) is 18.1 Å². The van der Waals surface area contributed by atoms with Crippen molar-refractivity contribution in [2.75, 3.05) is 13.2 Å². The number of aliphatic hydroxyl groups excluding tert-OH is 2. The van der Waals surface area contributed by atoms with Gasteiger partial charge in [-0.3, -0.25) is 4.79 Å². The van der Waals surface area contributed by atoms with Gasteiger partial charge >= 0.3 is 5.97 Å². The third-order valence-electron chi connectivity index (χ3n) is 2.64. The first-order valence-corrected chi connectivity index (χ1v) is 5.44. The van der Waals surface area contributed by atoms with E-state index < -0.39 is 24.6 Å². The summed E-state index contributed by atoms with van der Waals surface area (Å²) < 4.78 is 5.01. The molecule has 0 saturated carbocycles. The fourth-order valence-corrected chi connectivity index (χ4v) is 1.18. The predicted molar refractivity (Wildman–Crippen MR) is 63.2 cm³/mol. The SMILES string of the molecule is CC(CO)(CO)C(=O)OCc1ccc(C#N)cc1. The van der Waals surface area contributed by atoms with E-state index in [1.807, 2.05) is 6.07 Å². The maximum absolute atomic E-state index is 11.6. The second-order valence-corrected chi connectivity index (χ2v) is 4.26. The molecule has 0 atom stereocenters. The Hall–Kier alpha value is -1.90. The van der Waals surface area contributed by atoms with Crippen LogP contribution in [0.15, 0.2) is 24.3 Å².